The van der Waals surface area contributed by atoms with Crippen LogP contribution in [0.5, 0.6) is 0 Å². The monoisotopic (exact) mass is 247 g/mol. The molecule has 2 fully saturated rings. The van der Waals surface area contributed by atoms with Crippen molar-refractivity contribution in [3.05, 3.63) is 24.4 Å². The molecule has 3 heteroatoms. The van der Waals surface area contributed by atoms with E-state index in [-0.39, 0.29) is 0 Å². The minimum absolute atomic E-state index is 0.518. The third kappa shape index (κ3) is 3.30. The summed E-state index contributed by atoms with van der Waals surface area (Å²) < 4.78 is 0. The smallest absolute Gasteiger partial charge is 0.0363 e. The average Bonchev–Trinajstić information content (AvgIpc) is 2.77. The van der Waals surface area contributed by atoms with E-state index >= 15 is 0 Å². The highest BCUT2D eigenvalue weighted by Gasteiger charge is 2.26. The zero-order valence-corrected chi connectivity index (χ0v) is 11.4. The van der Waals surface area contributed by atoms with Gasteiger partial charge in [-0.1, -0.05) is 12.7 Å². The Morgan fingerprint density at radius 3 is 2.67 bits per heavy atom. The van der Waals surface area contributed by atoms with E-state index in [1.165, 1.54) is 64.0 Å². The number of hydrogen-bond donors (Lipinski definition) is 0. The largest absolute Gasteiger partial charge is 0.303 e. The van der Waals surface area contributed by atoms with E-state index in [2.05, 4.69) is 28.1 Å². The Morgan fingerprint density at radius 1 is 1.22 bits per heavy atom. The van der Waals surface area contributed by atoms with Crippen LogP contribution in [-0.2, 0) is 0 Å². The second kappa shape index (κ2) is 6.86. The highest BCUT2D eigenvalue weighted by atomic mass is 15.2. The third-order valence-electron chi connectivity index (χ3n) is 4.09. The summed E-state index contributed by atoms with van der Waals surface area (Å²) in [5.74, 6) is 0. The van der Waals surface area contributed by atoms with Crippen LogP contribution in [0, 0.1) is 0 Å². The highest BCUT2D eigenvalue weighted by Crippen LogP contribution is 2.24. The molecule has 0 aromatic heterocycles. The quantitative estimate of drug-likeness (QED) is 0.508. The number of aliphatic imine (C=N–C) groups is 1. The predicted octanol–water partition coefficient (Wildman–Crippen LogP) is 2.32. The molecule has 2 aliphatic rings. The maximum atomic E-state index is 3.90. The second-order valence-electron chi connectivity index (χ2n) is 5.26. The van der Waals surface area contributed by atoms with Gasteiger partial charge in [-0.05, 0) is 70.7 Å². The van der Waals surface area contributed by atoms with Gasteiger partial charge in [-0.25, -0.2) is 0 Å². The molecule has 2 saturated heterocycles. The first-order valence-electron chi connectivity index (χ1n) is 7.10. The summed E-state index contributed by atoms with van der Waals surface area (Å²) in [5.41, 5.74) is 1.23. The Bertz CT molecular complexity index is 318. The lowest BCUT2D eigenvalue weighted by molar-refractivity contribution is 0.166. The summed E-state index contributed by atoms with van der Waals surface area (Å²) in [6.45, 7) is 13.7. The van der Waals surface area contributed by atoms with Gasteiger partial charge in [-0.15, -0.1) is 0 Å². The van der Waals surface area contributed by atoms with Crippen LogP contribution in [-0.4, -0.2) is 55.3 Å². The van der Waals surface area contributed by atoms with Gasteiger partial charge >= 0.3 is 0 Å². The maximum absolute atomic E-state index is 3.90. The van der Waals surface area contributed by atoms with E-state index in [1.807, 2.05) is 12.3 Å². The van der Waals surface area contributed by atoms with Crippen molar-refractivity contribution in [2.75, 3.05) is 32.7 Å². The molecule has 2 rings (SSSR count). The lowest BCUT2D eigenvalue weighted by Gasteiger charge is -2.32. The van der Waals surface area contributed by atoms with Gasteiger partial charge in [-0.3, -0.25) is 9.89 Å². The molecule has 2 heterocycles. The molecule has 0 aromatic rings. The molecule has 2 aliphatic heterocycles. The Balaban J connectivity index is 1.80. The molecule has 1 unspecified atom stereocenters. The van der Waals surface area contributed by atoms with Crippen molar-refractivity contribution in [2.45, 2.75) is 31.7 Å². The number of likely N-dealkylation sites (tertiary alicyclic amines) is 2. The van der Waals surface area contributed by atoms with Gasteiger partial charge in [-0.2, -0.15) is 0 Å². The van der Waals surface area contributed by atoms with E-state index in [4.69, 9.17) is 0 Å². The van der Waals surface area contributed by atoms with Crippen molar-refractivity contribution in [1.82, 2.24) is 9.80 Å². The lowest BCUT2D eigenvalue weighted by Crippen LogP contribution is -2.39. The molecular formula is C15H25N3. The van der Waals surface area contributed by atoms with Crippen molar-refractivity contribution in [1.29, 1.82) is 0 Å². The van der Waals surface area contributed by atoms with E-state index < -0.39 is 0 Å². The number of hydrogen-bond acceptors (Lipinski definition) is 3. The summed E-state index contributed by atoms with van der Waals surface area (Å²) in [5, 5.41) is 0. The molecule has 18 heavy (non-hydrogen) atoms. The van der Waals surface area contributed by atoms with Crippen LogP contribution in [0.4, 0.5) is 0 Å². The SMILES string of the molecule is C=C/C(=C\N=C)C1CCCN1CCCN1CCC1. The summed E-state index contributed by atoms with van der Waals surface area (Å²) in [4.78, 5) is 9.02. The fourth-order valence-corrected chi connectivity index (χ4v) is 2.95. The summed E-state index contributed by atoms with van der Waals surface area (Å²) in [6.07, 6.45) is 9.00. The van der Waals surface area contributed by atoms with Crippen LogP contribution in [0.1, 0.15) is 25.7 Å². The Labute approximate surface area is 111 Å². The average molecular weight is 247 g/mol. The van der Waals surface area contributed by atoms with Crippen LogP contribution in [0.25, 0.3) is 0 Å². The molecule has 100 valence electrons. The summed E-state index contributed by atoms with van der Waals surface area (Å²) >= 11 is 0. The zero-order valence-electron chi connectivity index (χ0n) is 11.4. The number of nitrogens with zero attached hydrogens (tertiary/aromatic N) is 3. The molecule has 0 aromatic carbocycles. The van der Waals surface area contributed by atoms with Gasteiger partial charge in [0.1, 0.15) is 0 Å². The van der Waals surface area contributed by atoms with Gasteiger partial charge in [0.15, 0.2) is 0 Å². The first kappa shape index (κ1) is 13.5. The zero-order chi connectivity index (χ0) is 12.8. The fraction of sp³-hybridized carbons (Fsp3) is 0.667. The minimum atomic E-state index is 0.518. The van der Waals surface area contributed by atoms with E-state index in [0.717, 1.165) is 0 Å². The second-order valence-corrected chi connectivity index (χ2v) is 5.26. The van der Waals surface area contributed by atoms with Gasteiger partial charge < -0.3 is 4.90 Å². The molecular weight excluding hydrogens is 222 g/mol. The minimum Gasteiger partial charge on any atom is -0.303 e. The molecule has 0 amide bonds. The van der Waals surface area contributed by atoms with Crippen LogP contribution < -0.4 is 0 Å². The van der Waals surface area contributed by atoms with Crippen LogP contribution in [0.2, 0.25) is 0 Å². The van der Waals surface area contributed by atoms with Crippen molar-refractivity contribution >= 4 is 6.72 Å². The van der Waals surface area contributed by atoms with Crippen molar-refractivity contribution in [2.24, 2.45) is 4.99 Å². The van der Waals surface area contributed by atoms with Gasteiger partial charge in [0.2, 0.25) is 0 Å². The molecule has 3 nitrogen and oxygen atoms in total. The van der Waals surface area contributed by atoms with Crippen LogP contribution in [0.15, 0.2) is 29.4 Å². The first-order valence-corrected chi connectivity index (χ1v) is 7.10. The van der Waals surface area contributed by atoms with E-state index in [9.17, 15) is 0 Å². The Kier molecular flexibility index (Phi) is 5.14. The van der Waals surface area contributed by atoms with E-state index in [1.54, 1.807) is 0 Å². The molecule has 0 spiro atoms. The normalized spacial score (nSPS) is 26.0. The van der Waals surface area contributed by atoms with Crippen LogP contribution >= 0.6 is 0 Å². The lowest BCUT2D eigenvalue weighted by atomic mass is 10.1. The number of rotatable bonds is 7. The van der Waals surface area contributed by atoms with Gasteiger partial charge in [0, 0.05) is 12.2 Å². The van der Waals surface area contributed by atoms with Crippen LogP contribution in [0.3, 0.4) is 0 Å². The van der Waals surface area contributed by atoms with Gasteiger partial charge in [0.25, 0.3) is 0 Å². The first-order chi connectivity index (χ1) is 8.85. The van der Waals surface area contributed by atoms with Crippen molar-refractivity contribution in [3.63, 3.8) is 0 Å². The standard InChI is InChI=1S/C15H25N3/c1-3-14(13-16-2)15-7-4-11-18(15)12-6-10-17-8-5-9-17/h3,13,15H,1-2,4-12H2/b14-13+. The topological polar surface area (TPSA) is 18.8 Å². The summed E-state index contributed by atoms with van der Waals surface area (Å²) in [7, 11) is 0. The molecule has 0 bridgehead atoms. The molecule has 0 radical (unpaired) electrons. The third-order valence-corrected chi connectivity index (χ3v) is 4.09. The van der Waals surface area contributed by atoms with Crippen molar-refractivity contribution < 1.29 is 0 Å². The van der Waals surface area contributed by atoms with Crippen molar-refractivity contribution in [3.8, 4) is 0 Å². The molecule has 1 atom stereocenters. The predicted molar refractivity (Wildman–Crippen MR) is 78.1 cm³/mol. The maximum Gasteiger partial charge on any atom is 0.0363 e. The highest BCUT2D eigenvalue weighted by molar-refractivity contribution is 5.31. The Hall–Kier alpha value is -0.930. The fourth-order valence-electron chi connectivity index (χ4n) is 2.95. The summed E-state index contributed by atoms with van der Waals surface area (Å²) in [6, 6.07) is 0.518. The molecule has 0 N–H and O–H groups in total. The van der Waals surface area contributed by atoms with Gasteiger partial charge in [0.05, 0.1) is 0 Å². The molecule has 0 aliphatic carbocycles. The van der Waals surface area contributed by atoms with E-state index in [0.29, 0.717) is 6.04 Å². The molecule has 0 saturated carbocycles. The Morgan fingerprint density at radius 2 is 2.06 bits per heavy atom.